The van der Waals surface area contributed by atoms with E-state index in [4.69, 9.17) is 10.5 Å². The number of ether oxygens (including phenoxy) is 1. The van der Waals surface area contributed by atoms with Crippen molar-refractivity contribution < 1.29 is 14.3 Å². The Morgan fingerprint density at radius 3 is 2.59 bits per heavy atom. The maximum absolute atomic E-state index is 12.9. The molecule has 1 atom stereocenters. The maximum atomic E-state index is 12.9. The molecule has 6 nitrogen and oxygen atoms in total. The van der Waals surface area contributed by atoms with Gasteiger partial charge in [0.25, 0.3) is 0 Å². The minimum absolute atomic E-state index is 0.0265. The highest BCUT2D eigenvalue weighted by atomic mass is 16.5. The van der Waals surface area contributed by atoms with Crippen LogP contribution in [0.15, 0.2) is 30.3 Å². The van der Waals surface area contributed by atoms with E-state index in [0.717, 1.165) is 31.2 Å². The second kappa shape index (κ2) is 11.7. The largest absolute Gasteiger partial charge is 0.378 e. The van der Waals surface area contributed by atoms with E-state index in [2.05, 4.69) is 5.32 Å². The number of hydrogen-bond donors (Lipinski definition) is 2. The van der Waals surface area contributed by atoms with Crippen LogP contribution in [0.4, 0.5) is 0 Å². The number of benzene rings is 1. The predicted molar refractivity (Wildman–Crippen MR) is 106 cm³/mol. The molecule has 1 aliphatic heterocycles. The summed E-state index contributed by atoms with van der Waals surface area (Å²) >= 11 is 0. The molecule has 0 bridgehead atoms. The number of likely N-dealkylation sites (tertiary alicyclic amines) is 1. The zero-order valence-corrected chi connectivity index (χ0v) is 16.4. The second-order valence-electron chi connectivity index (χ2n) is 7.11. The molecule has 27 heavy (non-hydrogen) atoms. The van der Waals surface area contributed by atoms with Gasteiger partial charge in [0.15, 0.2) is 0 Å². The molecule has 0 aliphatic carbocycles. The van der Waals surface area contributed by atoms with Crippen LogP contribution in [0, 0.1) is 0 Å². The highest BCUT2D eigenvalue weighted by Gasteiger charge is 2.29. The van der Waals surface area contributed by atoms with Gasteiger partial charge in [-0.1, -0.05) is 43.7 Å². The molecule has 1 saturated heterocycles. The van der Waals surface area contributed by atoms with Crippen molar-refractivity contribution in [2.45, 2.75) is 57.6 Å². The lowest BCUT2D eigenvalue weighted by molar-refractivity contribution is -0.138. The third kappa shape index (κ3) is 7.31. The van der Waals surface area contributed by atoms with Crippen LogP contribution in [0.25, 0.3) is 0 Å². The van der Waals surface area contributed by atoms with Crippen molar-refractivity contribution in [1.82, 2.24) is 10.2 Å². The Balaban J connectivity index is 1.83. The summed E-state index contributed by atoms with van der Waals surface area (Å²) in [6.45, 7) is 4.71. The smallest absolute Gasteiger partial charge is 0.245 e. The molecule has 3 N–H and O–H groups in total. The lowest BCUT2D eigenvalue weighted by Gasteiger charge is -2.34. The zero-order chi connectivity index (χ0) is 19.5. The fourth-order valence-corrected chi connectivity index (χ4v) is 3.37. The third-order valence-corrected chi connectivity index (χ3v) is 4.87. The van der Waals surface area contributed by atoms with Crippen LogP contribution in [0.2, 0.25) is 0 Å². The quantitative estimate of drug-likeness (QED) is 0.612. The Morgan fingerprint density at radius 2 is 1.96 bits per heavy atom. The summed E-state index contributed by atoms with van der Waals surface area (Å²) in [7, 11) is 0. The van der Waals surface area contributed by atoms with E-state index >= 15 is 0 Å². The topological polar surface area (TPSA) is 84.7 Å². The molecule has 1 aliphatic rings. The number of hydrogen-bond acceptors (Lipinski definition) is 4. The number of piperidine rings is 1. The molecule has 0 radical (unpaired) electrons. The monoisotopic (exact) mass is 375 g/mol. The molecule has 0 spiro atoms. The molecule has 1 aromatic rings. The molecule has 6 heteroatoms. The average Bonchev–Trinajstić information content (AvgIpc) is 2.68. The van der Waals surface area contributed by atoms with Crippen LogP contribution in [0.5, 0.6) is 0 Å². The van der Waals surface area contributed by atoms with Crippen LogP contribution in [0.3, 0.4) is 0 Å². The molecule has 1 heterocycles. The molecule has 150 valence electrons. The van der Waals surface area contributed by atoms with Gasteiger partial charge in [0.1, 0.15) is 6.04 Å². The van der Waals surface area contributed by atoms with E-state index in [-0.39, 0.29) is 17.9 Å². The number of nitrogens with zero attached hydrogens (tertiary/aromatic N) is 1. The molecule has 1 fully saturated rings. The summed E-state index contributed by atoms with van der Waals surface area (Å²) in [5.41, 5.74) is 6.44. The highest BCUT2D eigenvalue weighted by molar-refractivity contribution is 5.88. The van der Waals surface area contributed by atoms with E-state index in [1.54, 1.807) is 0 Å². The van der Waals surface area contributed by atoms with Gasteiger partial charge in [-0.2, -0.15) is 0 Å². The minimum Gasteiger partial charge on any atom is -0.378 e. The summed E-state index contributed by atoms with van der Waals surface area (Å²) in [6.07, 6.45) is 4.56. The fourth-order valence-electron chi connectivity index (χ4n) is 3.37. The van der Waals surface area contributed by atoms with Gasteiger partial charge < -0.3 is 20.7 Å². The van der Waals surface area contributed by atoms with E-state index < -0.39 is 6.04 Å². The van der Waals surface area contributed by atoms with Crippen LogP contribution in [0.1, 0.15) is 44.6 Å². The second-order valence-corrected chi connectivity index (χ2v) is 7.11. The number of nitrogens with two attached hydrogens (primary N) is 1. The first kappa shape index (κ1) is 21.4. The summed E-state index contributed by atoms with van der Waals surface area (Å²) in [6, 6.07) is 9.15. The molecule has 1 aromatic carbocycles. The van der Waals surface area contributed by atoms with Crippen LogP contribution in [-0.2, 0) is 20.7 Å². The van der Waals surface area contributed by atoms with E-state index in [0.29, 0.717) is 39.1 Å². The number of carbonyl (C=O) groups excluding carboxylic acids is 2. The van der Waals surface area contributed by atoms with E-state index in [1.807, 2.05) is 42.2 Å². The van der Waals surface area contributed by atoms with Gasteiger partial charge in [0.05, 0.1) is 12.5 Å². The van der Waals surface area contributed by atoms with Crippen LogP contribution < -0.4 is 11.1 Å². The lowest BCUT2D eigenvalue weighted by Crippen LogP contribution is -2.51. The minimum atomic E-state index is -0.444. The first-order chi connectivity index (χ1) is 13.1. The van der Waals surface area contributed by atoms with Crippen LogP contribution >= 0.6 is 0 Å². The Labute approximate surface area is 162 Å². The van der Waals surface area contributed by atoms with Gasteiger partial charge in [-0.15, -0.1) is 0 Å². The first-order valence-electron chi connectivity index (χ1n) is 10.1. The van der Waals surface area contributed by atoms with Gasteiger partial charge in [-0.25, -0.2) is 0 Å². The number of nitrogens with one attached hydrogen (secondary N) is 1. The maximum Gasteiger partial charge on any atom is 0.245 e. The van der Waals surface area contributed by atoms with Crippen molar-refractivity contribution in [2.75, 3.05) is 26.2 Å². The molecule has 0 saturated carbocycles. The number of carbonyl (C=O) groups is 2. The lowest BCUT2D eigenvalue weighted by atomic mass is 10.0. The standard InChI is InChI=1S/C21H33N3O3/c1-2-7-19(23-20(25)16-17-8-4-3-5-9-17)21(26)24-13-10-18(11-14-24)27-15-6-12-22/h3-5,8-9,18-19H,2,6-7,10-16,22H2,1H3,(H,23,25). The summed E-state index contributed by atoms with van der Waals surface area (Å²) < 4.78 is 5.80. The van der Waals surface area contributed by atoms with Crippen molar-refractivity contribution >= 4 is 11.8 Å². The molecule has 2 amide bonds. The van der Waals surface area contributed by atoms with Gasteiger partial charge in [0, 0.05) is 19.7 Å². The third-order valence-electron chi connectivity index (χ3n) is 4.87. The summed E-state index contributed by atoms with van der Waals surface area (Å²) in [5.74, 6) is -0.0772. The zero-order valence-electron chi connectivity index (χ0n) is 16.4. The molecule has 1 unspecified atom stereocenters. The summed E-state index contributed by atoms with van der Waals surface area (Å²) in [5, 5.41) is 2.94. The normalized spacial score (nSPS) is 16.1. The number of amides is 2. The van der Waals surface area contributed by atoms with E-state index in [1.165, 1.54) is 0 Å². The van der Waals surface area contributed by atoms with Crippen LogP contribution in [-0.4, -0.2) is 55.1 Å². The van der Waals surface area contributed by atoms with Crippen molar-refractivity contribution in [3.63, 3.8) is 0 Å². The SMILES string of the molecule is CCCC(NC(=O)Cc1ccccc1)C(=O)N1CCC(OCCCN)CC1. The predicted octanol–water partition coefficient (Wildman–Crippen LogP) is 1.87. The van der Waals surface area contributed by atoms with Crippen molar-refractivity contribution in [1.29, 1.82) is 0 Å². The number of rotatable bonds is 10. The summed E-state index contributed by atoms with van der Waals surface area (Å²) in [4.78, 5) is 27.1. The van der Waals surface area contributed by atoms with Crippen molar-refractivity contribution in [3.05, 3.63) is 35.9 Å². The molecular weight excluding hydrogens is 342 g/mol. The average molecular weight is 376 g/mol. The molecule has 0 aromatic heterocycles. The Kier molecular flexibility index (Phi) is 9.28. The van der Waals surface area contributed by atoms with E-state index in [9.17, 15) is 9.59 Å². The Hall–Kier alpha value is -1.92. The van der Waals surface area contributed by atoms with Crippen molar-refractivity contribution in [2.24, 2.45) is 5.73 Å². The van der Waals surface area contributed by atoms with Gasteiger partial charge in [0.2, 0.25) is 11.8 Å². The van der Waals surface area contributed by atoms with Gasteiger partial charge >= 0.3 is 0 Å². The fraction of sp³-hybridized carbons (Fsp3) is 0.619. The molecular formula is C21H33N3O3. The molecule has 2 rings (SSSR count). The van der Waals surface area contributed by atoms with Gasteiger partial charge in [-0.05, 0) is 37.8 Å². The Bertz CT molecular complexity index is 571. The highest BCUT2D eigenvalue weighted by Crippen LogP contribution is 2.16. The first-order valence-corrected chi connectivity index (χ1v) is 10.1. The van der Waals surface area contributed by atoms with Gasteiger partial charge in [-0.3, -0.25) is 9.59 Å². The Morgan fingerprint density at radius 1 is 1.26 bits per heavy atom. The van der Waals surface area contributed by atoms with Crippen molar-refractivity contribution in [3.8, 4) is 0 Å².